The van der Waals surface area contributed by atoms with Gasteiger partial charge in [0, 0.05) is 10.8 Å². The third-order valence-corrected chi connectivity index (χ3v) is 5.76. The summed E-state index contributed by atoms with van der Waals surface area (Å²) in [4.78, 5) is 0. The number of rotatable bonds is 13. The van der Waals surface area contributed by atoms with Crippen LogP contribution in [0, 0.1) is 11.6 Å². The summed E-state index contributed by atoms with van der Waals surface area (Å²) in [5.74, 6) is -0.256. The molecule has 2 nitrogen and oxygen atoms in total. The fourth-order valence-corrected chi connectivity index (χ4v) is 3.93. The topological polar surface area (TPSA) is 18.5 Å². The van der Waals surface area contributed by atoms with E-state index in [1.807, 2.05) is 12.1 Å². The fourth-order valence-electron chi connectivity index (χ4n) is 3.93. The molecule has 0 unspecified atom stereocenters. The van der Waals surface area contributed by atoms with Gasteiger partial charge in [-0.3, -0.25) is 0 Å². The molecule has 0 bridgehead atoms. The Bertz CT molecular complexity index is 984. The van der Waals surface area contributed by atoms with Crippen molar-refractivity contribution in [1.29, 1.82) is 0 Å². The number of unbranched alkanes of at least 4 members (excludes halogenated alkanes) is 7. The lowest BCUT2D eigenvalue weighted by molar-refractivity contribution is 0.291. The summed E-state index contributed by atoms with van der Waals surface area (Å²) in [6, 6.07) is 10.2. The van der Waals surface area contributed by atoms with E-state index in [4.69, 9.17) is 9.47 Å². The van der Waals surface area contributed by atoms with Crippen LogP contribution in [-0.4, -0.2) is 13.2 Å². The molecule has 0 atom stereocenters. The van der Waals surface area contributed by atoms with Gasteiger partial charge in [0.1, 0.15) is 0 Å². The number of ether oxygens (including phenoxy) is 2. The van der Waals surface area contributed by atoms with Gasteiger partial charge in [0.05, 0.1) is 13.2 Å². The van der Waals surface area contributed by atoms with E-state index >= 15 is 8.78 Å². The van der Waals surface area contributed by atoms with Gasteiger partial charge in [-0.1, -0.05) is 70.9 Å². The first-order valence-electron chi connectivity index (χ1n) is 11.8. The summed E-state index contributed by atoms with van der Waals surface area (Å²) >= 11 is 0. The Kier molecular flexibility index (Phi) is 8.93. The predicted octanol–water partition coefficient (Wildman–Crippen LogP) is 8.58. The summed E-state index contributed by atoms with van der Waals surface area (Å²) in [7, 11) is 0. The third-order valence-electron chi connectivity index (χ3n) is 5.76. The van der Waals surface area contributed by atoms with Crippen molar-refractivity contribution in [2.75, 3.05) is 13.2 Å². The van der Waals surface area contributed by atoms with E-state index in [2.05, 4.69) is 13.8 Å². The number of benzene rings is 3. The van der Waals surface area contributed by atoms with Gasteiger partial charge >= 0.3 is 0 Å². The molecular formula is C27H34F2O2. The molecule has 0 aliphatic rings. The molecular weight excluding hydrogens is 394 g/mol. The van der Waals surface area contributed by atoms with Gasteiger partial charge in [-0.25, -0.2) is 8.78 Å². The second kappa shape index (κ2) is 11.9. The lowest BCUT2D eigenvalue weighted by Crippen LogP contribution is -2.01. The van der Waals surface area contributed by atoms with Gasteiger partial charge < -0.3 is 9.47 Å². The highest BCUT2D eigenvalue weighted by Crippen LogP contribution is 2.35. The summed E-state index contributed by atoms with van der Waals surface area (Å²) in [5.41, 5.74) is 0. The molecule has 0 amide bonds. The molecule has 0 spiro atoms. The normalized spacial score (nSPS) is 11.4. The predicted molar refractivity (Wildman–Crippen MR) is 125 cm³/mol. The first-order chi connectivity index (χ1) is 15.2. The Morgan fingerprint density at radius 3 is 1.35 bits per heavy atom. The Hall–Kier alpha value is -2.36. The van der Waals surface area contributed by atoms with Crippen LogP contribution in [0.5, 0.6) is 11.5 Å². The molecule has 0 N–H and O–H groups in total. The zero-order valence-corrected chi connectivity index (χ0v) is 18.8. The Morgan fingerprint density at radius 2 is 0.903 bits per heavy atom. The van der Waals surface area contributed by atoms with Crippen LogP contribution in [0.4, 0.5) is 8.78 Å². The largest absolute Gasteiger partial charge is 0.490 e. The average molecular weight is 429 g/mol. The maximum atomic E-state index is 15.0. The van der Waals surface area contributed by atoms with Crippen molar-refractivity contribution in [1.82, 2.24) is 0 Å². The van der Waals surface area contributed by atoms with E-state index in [0.717, 1.165) is 38.5 Å². The molecule has 0 saturated carbocycles. The lowest BCUT2D eigenvalue weighted by atomic mass is 10.0. The number of halogens is 2. The minimum atomic E-state index is -0.386. The molecule has 0 radical (unpaired) electrons. The van der Waals surface area contributed by atoms with Gasteiger partial charge in [0.25, 0.3) is 0 Å². The zero-order chi connectivity index (χ0) is 22.1. The summed E-state index contributed by atoms with van der Waals surface area (Å²) in [6.07, 6.45) is 9.92. The minimum absolute atomic E-state index is 0.256. The quantitative estimate of drug-likeness (QED) is 0.200. The van der Waals surface area contributed by atoms with E-state index < -0.39 is 0 Å². The summed E-state index contributed by atoms with van der Waals surface area (Å²) < 4.78 is 41.4. The maximum absolute atomic E-state index is 15.0. The SMILES string of the molecule is CCCCCCCOc1ccc2c(ccc3c(F)c(OCCCCCC)ccc32)c1F. The van der Waals surface area contributed by atoms with Gasteiger partial charge in [0.15, 0.2) is 23.1 Å². The Balaban J connectivity index is 1.74. The highest BCUT2D eigenvalue weighted by Gasteiger charge is 2.15. The molecule has 168 valence electrons. The van der Waals surface area contributed by atoms with Crippen LogP contribution in [0.15, 0.2) is 36.4 Å². The Morgan fingerprint density at radius 1 is 0.516 bits per heavy atom. The highest BCUT2D eigenvalue weighted by atomic mass is 19.1. The second-order valence-corrected chi connectivity index (χ2v) is 8.18. The van der Waals surface area contributed by atoms with Crippen molar-refractivity contribution in [2.24, 2.45) is 0 Å². The summed E-state index contributed by atoms with van der Waals surface area (Å²) in [5, 5.41) is 2.25. The molecule has 0 aliphatic carbocycles. The first-order valence-corrected chi connectivity index (χ1v) is 11.8. The van der Waals surface area contributed by atoms with Crippen LogP contribution in [-0.2, 0) is 0 Å². The summed E-state index contributed by atoms with van der Waals surface area (Å²) in [6.45, 7) is 5.34. The van der Waals surface area contributed by atoms with Crippen LogP contribution in [0.25, 0.3) is 21.5 Å². The van der Waals surface area contributed by atoms with E-state index in [0.29, 0.717) is 34.8 Å². The van der Waals surface area contributed by atoms with E-state index in [1.54, 1.807) is 24.3 Å². The number of hydrogen-bond acceptors (Lipinski definition) is 2. The Labute approximate surface area is 184 Å². The molecule has 0 heterocycles. The highest BCUT2D eigenvalue weighted by molar-refractivity contribution is 6.08. The molecule has 3 aromatic carbocycles. The van der Waals surface area contributed by atoms with E-state index in [9.17, 15) is 0 Å². The maximum Gasteiger partial charge on any atom is 0.172 e. The van der Waals surface area contributed by atoms with Crippen LogP contribution >= 0.6 is 0 Å². The lowest BCUT2D eigenvalue weighted by Gasteiger charge is -2.13. The van der Waals surface area contributed by atoms with Crippen LogP contribution in [0.3, 0.4) is 0 Å². The third kappa shape index (κ3) is 5.87. The van der Waals surface area contributed by atoms with Crippen molar-refractivity contribution in [3.05, 3.63) is 48.0 Å². The molecule has 31 heavy (non-hydrogen) atoms. The van der Waals surface area contributed by atoms with E-state index in [1.165, 1.54) is 19.3 Å². The molecule has 0 aromatic heterocycles. The number of hydrogen-bond donors (Lipinski definition) is 0. The minimum Gasteiger partial charge on any atom is -0.490 e. The fraction of sp³-hybridized carbons (Fsp3) is 0.481. The van der Waals surface area contributed by atoms with E-state index in [-0.39, 0.29) is 23.1 Å². The van der Waals surface area contributed by atoms with Crippen LogP contribution < -0.4 is 9.47 Å². The van der Waals surface area contributed by atoms with Crippen molar-refractivity contribution < 1.29 is 18.3 Å². The van der Waals surface area contributed by atoms with Gasteiger partial charge in [-0.05, 0) is 47.9 Å². The molecule has 0 saturated heterocycles. The van der Waals surface area contributed by atoms with Crippen molar-refractivity contribution in [2.45, 2.75) is 71.6 Å². The smallest absolute Gasteiger partial charge is 0.172 e. The van der Waals surface area contributed by atoms with Gasteiger partial charge in [-0.2, -0.15) is 0 Å². The van der Waals surface area contributed by atoms with Crippen LogP contribution in [0.1, 0.15) is 71.6 Å². The standard InChI is InChI=1S/C27H34F2O2/c1-3-5-7-9-11-19-31-25-17-15-21-20-14-16-24(30-18-10-8-6-4-2)26(28)22(20)12-13-23(21)27(25)29/h12-17H,3-11,18-19H2,1-2H3. The van der Waals surface area contributed by atoms with Gasteiger partial charge in [-0.15, -0.1) is 0 Å². The monoisotopic (exact) mass is 428 g/mol. The number of fused-ring (bicyclic) bond motifs is 3. The second-order valence-electron chi connectivity index (χ2n) is 8.18. The van der Waals surface area contributed by atoms with Crippen molar-refractivity contribution in [3.8, 4) is 11.5 Å². The molecule has 4 heteroatoms. The zero-order valence-electron chi connectivity index (χ0n) is 18.8. The van der Waals surface area contributed by atoms with Crippen molar-refractivity contribution in [3.63, 3.8) is 0 Å². The van der Waals surface area contributed by atoms with Gasteiger partial charge in [0.2, 0.25) is 0 Å². The molecule has 3 aromatic rings. The van der Waals surface area contributed by atoms with Crippen LogP contribution in [0.2, 0.25) is 0 Å². The molecule has 0 aliphatic heterocycles. The molecule has 0 fully saturated rings. The van der Waals surface area contributed by atoms with Crippen molar-refractivity contribution >= 4 is 21.5 Å². The first kappa shape index (κ1) is 23.3. The molecule has 3 rings (SSSR count). The average Bonchev–Trinajstić information content (AvgIpc) is 2.78.